The Morgan fingerprint density at radius 1 is 1.22 bits per heavy atom. The molecule has 1 fully saturated rings. The number of benzene rings is 1. The summed E-state index contributed by atoms with van der Waals surface area (Å²) in [5.41, 5.74) is 2.23. The number of aromatic nitrogens is 3. The van der Waals surface area contributed by atoms with Gasteiger partial charge in [0, 0.05) is 38.6 Å². The van der Waals surface area contributed by atoms with E-state index in [0.717, 1.165) is 36.5 Å². The SMILES string of the molecule is CN(CC1CCN(c2ccccc2)C1)c1ncnc2[nH]ccc12. The molecule has 23 heavy (non-hydrogen) atoms. The molecule has 0 amide bonds. The molecule has 118 valence electrons. The van der Waals surface area contributed by atoms with Crippen LogP contribution in [0.5, 0.6) is 0 Å². The lowest BCUT2D eigenvalue weighted by atomic mass is 10.1. The van der Waals surface area contributed by atoms with Crippen molar-refractivity contribution < 1.29 is 0 Å². The van der Waals surface area contributed by atoms with E-state index in [0.29, 0.717) is 5.92 Å². The Morgan fingerprint density at radius 2 is 2.09 bits per heavy atom. The number of para-hydroxylation sites is 1. The normalized spacial score (nSPS) is 17.8. The molecule has 0 bridgehead atoms. The molecule has 0 spiro atoms. The van der Waals surface area contributed by atoms with E-state index >= 15 is 0 Å². The lowest BCUT2D eigenvalue weighted by Gasteiger charge is -2.23. The quantitative estimate of drug-likeness (QED) is 0.805. The molecule has 1 atom stereocenters. The van der Waals surface area contributed by atoms with E-state index in [1.54, 1.807) is 6.33 Å². The van der Waals surface area contributed by atoms with Gasteiger partial charge in [0.25, 0.3) is 0 Å². The zero-order valence-electron chi connectivity index (χ0n) is 13.3. The van der Waals surface area contributed by atoms with Gasteiger partial charge in [0.05, 0.1) is 5.39 Å². The number of nitrogens with one attached hydrogen (secondary N) is 1. The second-order valence-corrected chi connectivity index (χ2v) is 6.25. The van der Waals surface area contributed by atoms with Gasteiger partial charge in [0.15, 0.2) is 0 Å². The van der Waals surface area contributed by atoms with Crippen molar-refractivity contribution in [3.63, 3.8) is 0 Å². The highest BCUT2D eigenvalue weighted by atomic mass is 15.2. The maximum atomic E-state index is 4.48. The maximum Gasteiger partial charge on any atom is 0.142 e. The Bertz CT molecular complexity index is 782. The highest BCUT2D eigenvalue weighted by Crippen LogP contribution is 2.26. The van der Waals surface area contributed by atoms with Gasteiger partial charge >= 0.3 is 0 Å². The van der Waals surface area contributed by atoms with E-state index in [2.05, 4.69) is 62.1 Å². The van der Waals surface area contributed by atoms with Crippen LogP contribution in [0.25, 0.3) is 11.0 Å². The van der Waals surface area contributed by atoms with Gasteiger partial charge in [-0.1, -0.05) is 18.2 Å². The van der Waals surface area contributed by atoms with E-state index < -0.39 is 0 Å². The second-order valence-electron chi connectivity index (χ2n) is 6.25. The van der Waals surface area contributed by atoms with Crippen molar-refractivity contribution in [1.29, 1.82) is 0 Å². The second kappa shape index (κ2) is 5.91. The molecular formula is C18H21N5. The predicted octanol–water partition coefficient (Wildman–Crippen LogP) is 2.92. The average Bonchev–Trinajstić information content (AvgIpc) is 3.24. The van der Waals surface area contributed by atoms with Gasteiger partial charge in [0.2, 0.25) is 0 Å². The number of rotatable bonds is 4. The minimum Gasteiger partial charge on any atom is -0.371 e. The summed E-state index contributed by atoms with van der Waals surface area (Å²) >= 11 is 0. The van der Waals surface area contributed by atoms with Gasteiger partial charge in [-0.2, -0.15) is 0 Å². The molecule has 5 heteroatoms. The average molecular weight is 307 g/mol. The molecule has 3 heterocycles. The number of anilines is 2. The third-order valence-electron chi connectivity index (χ3n) is 4.63. The first-order valence-electron chi connectivity index (χ1n) is 8.10. The Kier molecular flexibility index (Phi) is 3.61. The Balaban J connectivity index is 1.46. The highest BCUT2D eigenvalue weighted by molar-refractivity contribution is 5.87. The Hall–Kier alpha value is -2.56. The summed E-state index contributed by atoms with van der Waals surface area (Å²) in [7, 11) is 2.12. The fourth-order valence-corrected chi connectivity index (χ4v) is 3.49. The fourth-order valence-electron chi connectivity index (χ4n) is 3.49. The van der Waals surface area contributed by atoms with Crippen LogP contribution in [0.1, 0.15) is 6.42 Å². The number of nitrogens with zero attached hydrogens (tertiary/aromatic N) is 4. The first kappa shape index (κ1) is 14.1. The summed E-state index contributed by atoms with van der Waals surface area (Å²) in [4.78, 5) is 16.6. The monoisotopic (exact) mass is 307 g/mol. The van der Waals surface area contributed by atoms with Gasteiger partial charge < -0.3 is 14.8 Å². The molecule has 1 aliphatic rings. The first-order chi connectivity index (χ1) is 11.3. The molecule has 1 saturated heterocycles. The standard InChI is InChI=1S/C18H21N5/c1-22(18-16-7-9-19-17(16)20-13-21-18)11-14-8-10-23(12-14)15-5-3-2-4-6-15/h2-7,9,13-14H,8,10-12H2,1H3,(H,19,20,21). The van der Waals surface area contributed by atoms with Crippen molar-refractivity contribution in [2.45, 2.75) is 6.42 Å². The van der Waals surface area contributed by atoms with Crippen LogP contribution in [-0.2, 0) is 0 Å². The highest BCUT2D eigenvalue weighted by Gasteiger charge is 2.24. The van der Waals surface area contributed by atoms with Gasteiger partial charge in [-0.05, 0) is 30.5 Å². The van der Waals surface area contributed by atoms with E-state index in [4.69, 9.17) is 0 Å². The van der Waals surface area contributed by atoms with Crippen molar-refractivity contribution in [3.8, 4) is 0 Å². The summed E-state index contributed by atoms with van der Waals surface area (Å²) < 4.78 is 0. The zero-order chi connectivity index (χ0) is 15.6. The van der Waals surface area contributed by atoms with Crippen LogP contribution in [-0.4, -0.2) is 41.6 Å². The van der Waals surface area contributed by atoms with Crippen molar-refractivity contribution in [3.05, 3.63) is 48.9 Å². The molecular weight excluding hydrogens is 286 g/mol. The molecule has 2 aromatic heterocycles. The lowest BCUT2D eigenvalue weighted by molar-refractivity contribution is 0.582. The molecule has 0 saturated carbocycles. The minimum atomic E-state index is 0.657. The van der Waals surface area contributed by atoms with E-state index in [1.807, 2.05) is 12.3 Å². The summed E-state index contributed by atoms with van der Waals surface area (Å²) in [6.45, 7) is 3.25. The zero-order valence-corrected chi connectivity index (χ0v) is 13.3. The van der Waals surface area contributed by atoms with Crippen LogP contribution in [0.4, 0.5) is 11.5 Å². The van der Waals surface area contributed by atoms with Crippen molar-refractivity contribution in [2.24, 2.45) is 5.92 Å². The van der Waals surface area contributed by atoms with Crippen LogP contribution < -0.4 is 9.80 Å². The van der Waals surface area contributed by atoms with Gasteiger partial charge in [-0.15, -0.1) is 0 Å². The molecule has 4 rings (SSSR count). The topological polar surface area (TPSA) is 48.1 Å². The number of H-pyrrole nitrogens is 1. The third-order valence-corrected chi connectivity index (χ3v) is 4.63. The largest absolute Gasteiger partial charge is 0.371 e. The van der Waals surface area contributed by atoms with Crippen LogP contribution in [0.3, 0.4) is 0 Å². The Labute approximate surface area is 136 Å². The molecule has 0 radical (unpaired) electrons. The predicted molar refractivity (Wildman–Crippen MR) is 93.9 cm³/mol. The number of hydrogen-bond acceptors (Lipinski definition) is 4. The smallest absolute Gasteiger partial charge is 0.142 e. The first-order valence-corrected chi connectivity index (χ1v) is 8.10. The van der Waals surface area contributed by atoms with E-state index in [1.165, 1.54) is 12.1 Å². The van der Waals surface area contributed by atoms with Crippen LogP contribution in [0.15, 0.2) is 48.9 Å². The summed E-state index contributed by atoms with van der Waals surface area (Å²) in [5, 5.41) is 1.09. The molecule has 1 N–H and O–H groups in total. The lowest BCUT2D eigenvalue weighted by Crippen LogP contribution is -2.28. The molecule has 0 aliphatic carbocycles. The fraction of sp³-hybridized carbons (Fsp3) is 0.333. The van der Waals surface area contributed by atoms with Crippen LogP contribution >= 0.6 is 0 Å². The summed E-state index contributed by atoms with van der Waals surface area (Å²) in [6.07, 6.45) is 4.78. The molecule has 5 nitrogen and oxygen atoms in total. The number of hydrogen-bond donors (Lipinski definition) is 1. The van der Waals surface area contributed by atoms with Crippen LogP contribution in [0.2, 0.25) is 0 Å². The minimum absolute atomic E-state index is 0.657. The number of aromatic amines is 1. The molecule has 1 aliphatic heterocycles. The molecule has 1 unspecified atom stereocenters. The van der Waals surface area contributed by atoms with Crippen LogP contribution in [0, 0.1) is 5.92 Å². The summed E-state index contributed by atoms with van der Waals surface area (Å²) in [5.74, 6) is 1.67. The van der Waals surface area contributed by atoms with Crippen molar-refractivity contribution in [2.75, 3.05) is 36.5 Å². The van der Waals surface area contributed by atoms with Gasteiger partial charge in [0.1, 0.15) is 17.8 Å². The van der Waals surface area contributed by atoms with E-state index in [9.17, 15) is 0 Å². The molecule has 3 aromatic rings. The van der Waals surface area contributed by atoms with Gasteiger partial charge in [-0.25, -0.2) is 9.97 Å². The van der Waals surface area contributed by atoms with Crippen molar-refractivity contribution in [1.82, 2.24) is 15.0 Å². The maximum absolute atomic E-state index is 4.48. The molecule has 1 aromatic carbocycles. The number of fused-ring (bicyclic) bond motifs is 1. The third kappa shape index (κ3) is 2.74. The van der Waals surface area contributed by atoms with Crippen molar-refractivity contribution >= 4 is 22.5 Å². The van der Waals surface area contributed by atoms with E-state index in [-0.39, 0.29) is 0 Å². The van der Waals surface area contributed by atoms with Gasteiger partial charge in [-0.3, -0.25) is 0 Å². The Morgan fingerprint density at radius 3 is 2.96 bits per heavy atom. The summed E-state index contributed by atoms with van der Waals surface area (Å²) in [6, 6.07) is 12.7.